The van der Waals surface area contributed by atoms with Gasteiger partial charge in [0, 0.05) is 7.05 Å². The molecule has 1 aliphatic heterocycles. The van der Waals surface area contributed by atoms with Gasteiger partial charge in [0.25, 0.3) is 0 Å². The normalized spacial score (nSPS) is 22.9. The van der Waals surface area contributed by atoms with Crippen LogP contribution < -0.4 is 0 Å². The summed E-state index contributed by atoms with van der Waals surface area (Å²) in [5, 5.41) is 18.1. The lowest BCUT2D eigenvalue weighted by atomic mass is 10.2. The highest BCUT2D eigenvalue weighted by Crippen LogP contribution is 2.23. The molecule has 0 amide bonds. The molecule has 1 aliphatic rings. The number of allylic oxidation sites excluding steroid dienone is 1. The van der Waals surface area contributed by atoms with E-state index in [0.717, 1.165) is 0 Å². The number of ether oxygens (including phenoxy) is 2. The maximum absolute atomic E-state index is 9.10. The second kappa shape index (κ2) is 3.63. The monoisotopic (exact) mass is 207 g/mol. The number of aliphatic hydroxyl groups is 1. The van der Waals surface area contributed by atoms with Crippen LogP contribution in [-0.2, 0) is 16.5 Å². The number of aliphatic hydroxyl groups excluding tert-OH is 1. The van der Waals surface area contributed by atoms with Crippen molar-refractivity contribution in [1.29, 1.82) is 5.26 Å². The molecule has 6 heteroatoms. The highest BCUT2D eigenvalue weighted by atomic mass is 16.8. The topological polar surface area (TPSA) is 80.3 Å². The number of nitrogens with zero attached hydrogens (tertiary/aromatic N) is 3. The summed E-state index contributed by atoms with van der Waals surface area (Å²) in [6, 6.07) is 1.97. The fourth-order valence-electron chi connectivity index (χ4n) is 1.28. The Bertz CT molecular complexity index is 444. The number of hydrogen-bond acceptors (Lipinski definition) is 5. The highest BCUT2D eigenvalue weighted by molar-refractivity contribution is 5.75. The third-order valence-electron chi connectivity index (χ3n) is 1.99. The van der Waals surface area contributed by atoms with Crippen LogP contribution in [0.3, 0.4) is 0 Å². The predicted octanol–water partition coefficient (Wildman–Crippen LogP) is -0.0225. The van der Waals surface area contributed by atoms with Gasteiger partial charge in [-0.25, -0.2) is 4.98 Å². The van der Waals surface area contributed by atoms with E-state index in [1.54, 1.807) is 17.9 Å². The molecule has 15 heavy (non-hydrogen) atoms. The molecule has 1 unspecified atom stereocenters. The van der Waals surface area contributed by atoms with Gasteiger partial charge in [0.15, 0.2) is 12.2 Å². The van der Waals surface area contributed by atoms with Crippen LogP contribution in [0.1, 0.15) is 5.69 Å². The molecular weight excluding hydrogens is 198 g/mol. The number of nitriles is 1. The van der Waals surface area contributed by atoms with Gasteiger partial charge in [0.1, 0.15) is 6.07 Å². The maximum Gasteiger partial charge on any atom is 0.302 e. The lowest BCUT2D eigenvalue weighted by molar-refractivity contribution is -0.0257. The molecule has 0 bridgehead atoms. The fourth-order valence-corrected chi connectivity index (χ4v) is 1.28. The third kappa shape index (κ3) is 1.65. The third-order valence-corrected chi connectivity index (χ3v) is 1.99. The lowest BCUT2D eigenvalue weighted by Gasteiger charge is -2.03. The zero-order chi connectivity index (χ0) is 10.8. The van der Waals surface area contributed by atoms with Gasteiger partial charge in [-0.15, -0.1) is 0 Å². The molecule has 1 N–H and O–H groups in total. The number of aromatic nitrogens is 2. The standard InChI is InChI=1S/C9H9N3O3/c1-12-5-11-3-7(12)6(2-10)9-14-4-8(13)15-9/h3,5,8,13H,4H2,1H3/b9-6+. The first-order chi connectivity index (χ1) is 7.22. The summed E-state index contributed by atoms with van der Waals surface area (Å²) in [5.41, 5.74) is 0.813. The number of hydrogen-bond donors (Lipinski definition) is 1. The van der Waals surface area contributed by atoms with Crippen LogP contribution in [0.25, 0.3) is 5.57 Å². The molecule has 1 saturated heterocycles. The minimum Gasteiger partial charge on any atom is -0.458 e. The second-order valence-electron chi connectivity index (χ2n) is 3.05. The van der Waals surface area contributed by atoms with Gasteiger partial charge in [-0.2, -0.15) is 5.26 Å². The highest BCUT2D eigenvalue weighted by Gasteiger charge is 2.25. The molecule has 2 heterocycles. The minimum atomic E-state index is -1.00. The Hall–Kier alpha value is -2.00. The van der Waals surface area contributed by atoms with E-state index in [0.29, 0.717) is 5.69 Å². The van der Waals surface area contributed by atoms with Crippen LogP contribution in [0.2, 0.25) is 0 Å². The summed E-state index contributed by atoms with van der Waals surface area (Å²) in [4.78, 5) is 3.89. The first-order valence-electron chi connectivity index (χ1n) is 4.31. The van der Waals surface area contributed by atoms with Crippen LogP contribution in [0.5, 0.6) is 0 Å². The molecule has 0 radical (unpaired) electrons. The van der Waals surface area contributed by atoms with E-state index in [4.69, 9.17) is 19.8 Å². The Morgan fingerprint density at radius 1 is 1.80 bits per heavy atom. The van der Waals surface area contributed by atoms with Crippen molar-refractivity contribution in [3.8, 4) is 6.07 Å². The van der Waals surface area contributed by atoms with Gasteiger partial charge in [-0.1, -0.05) is 0 Å². The van der Waals surface area contributed by atoms with E-state index in [1.807, 2.05) is 6.07 Å². The van der Waals surface area contributed by atoms with Crippen molar-refractivity contribution in [3.63, 3.8) is 0 Å². The van der Waals surface area contributed by atoms with Gasteiger partial charge in [0.2, 0.25) is 6.29 Å². The van der Waals surface area contributed by atoms with E-state index >= 15 is 0 Å². The zero-order valence-corrected chi connectivity index (χ0v) is 8.04. The summed E-state index contributed by atoms with van der Waals surface area (Å²) in [7, 11) is 1.76. The molecule has 6 nitrogen and oxygen atoms in total. The van der Waals surface area contributed by atoms with E-state index < -0.39 is 6.29 Å². The van der Waals surface area contributed by atoms with Crippen molar-refractivity contribution in [2.45, 2.75) is 6.29 Å². The molecule has 1 atom stereocenters. The SMILES string of the molecule is Cn1cncc1/C(C#N)=C1\OCC(O)O1. The quantitative estimate of drug-likeness (QED) is 0.654. The van der Waals surface area contributed by atoms with Gasteiger partial charge in [-0.05, 0) is 0 Å². The van der Waals surface area contributed by atoms with Gasteiger partial charge in [-0.3, -0.25) is 0 Å². The smallest absolute Gasteiger partial charge is 0.302 e. The van der Waals surface area contributed by atoms with Crippen LogP contribution >= 0.6 is 0 Å². The van der Waals surface area contributed by atoms with Crippen molar-refractivity contribution in [3.05, 3.63) is 24.2 Å². The second-order valence-corrected chi connectivity index (χ2v) is 3.05. The summed E-state index contributed by atoms with van der Waals surface area (Å²) >= 11 is 0. The molecule has 0 aliphatic carbocycles. The van der Waals surface area contributed by atoms with Crippen LogP contribution in [-0.4, -0.2) is 27.6 Å². The Kier molecular flexibility index (Phi) is 2.31. The first-order valence-corrected chi connectivity index (χ1v) is 4.31. The van der Waals surface area contributed by atoms with E-state index in [1.165, 1.54) is 6.20 Å². The molecule has 1 aromatic heterocycles. The van der Waals surface area contributed by atoms with E-state index in [9.17, 15) is 0 Å². The Morgan fingerprint density at radius 3 is 3.07 bits per heavy atom. The largest absolute Gasteiger partial charge is 0.458 e. The van der Waals surface area contributed by atoms with Gasteiger partial charge in [0.05, 0.1) is 18.2 Å². The van der Waals surface area contributed by atoms with Crippen LogP contribution in [0.15, 0.2) is 18.5 Å². The van der Waals surface area contributed by atoms with E-state index in [2.05, 4.69) is 4.98 Å². The fraction of sp³-hybridized carbons (Fsp3) is 0.333. The van der Waals surface area contributed by atoms with Crippen molar-refractivity contribution in [1.82, 2.24) is 9.55 Å². The number of imidazole rings is 1. The van der Waals surface area contributed by atoms with Crippen LogP contribution in [0, 0.1) is 11.3 Å². The van der Waals surface area contributed by atoms with Gasteiger partial charge < -0.3 is 19.1 Å². The van der Waals surface area contributed by atoms with Crippen molar-refractivity contribution >= 4 is 5.57 Å². The summed E-state index contributed by atoms with van der Waals surface area (Å²) in [6.07, 6.45) is 2.10. The number of aryl methyl sites for hydroxylation is 1. The van der Waals surface area contributed by atoms with E-state index in [-0.39, 0.29) is 18.1 Å². The first kappa shape index (κ1) is 9.55. The number of rotatable bonds is 1. The average molecular weight is 207 g/mol. The molecule has 0 spiro atoms. The Balaban J connectivity index is 2.41. The Labute approximate surface area is 86.0 Å². The van der Waals surface area contributed by atoms with Crippen molar-refractivity contribution < 1.29 is 14.6 Å². The average Bonchev–Trinajstić information content (AvgIpc) is 2.79. The molecule has 78 valence electrons. The molecule has 1 aromatic rings. The summed E-state index contributed by atoms with van der Waals surface area (Å²) in [5.74, 6) is 0.0496. The molecule has 2 rings (SSSR count). The van der Waals surface area contributed by atoms with Crippen molar-refractivity contribution in [2.75, 3.05) is 6.61 Å². The lowest BCUT2D eigenvalue weighted by Crippen LogP contribution is -2.05. The molecule has 1 fully saturated rings. The van der Waals surface area contributed by atoms with Crippen LogP contribution in [0.4, 0.5) is 0 Å². The molecular formula is C9H9N3O3. The summed E-state index contributed by atoms with van der Waals surface area (Å²) in [6.45, 7) is 0.0400. The van der Waals surface area contributed by atoms with Gasteiger partial charge >= 0.3 is 5.95 Å². The minimum absolute atomic E-state index is 0.0400. The predicted molar refractivity (Wildman–Crippen MR) is 48.8 cm³/mol. The Morgan fingerprint density at radius 2 is 2.60 bits per heavy atom. The summed E-state index contributed by atoms with van der Waals surface area (Å²) < 4.78 is 11.7. The zero-order valence-electron chi connectivity index (χ0n) is 8.04. The maximum atomic E-state index is 9.10. The molecule has 0 aromatic carbocycles. The van der Waals surface area contributed by atoms with Crippen molar-refractivity contribution in [2.24, 2.45) is 7.05 Å². The molecule has 0 saturated carbocycles.